The zero-order chi connectivity index (χ0) is 11.1. The Bertz CT molecular complexity index is 321. The van der Waals surface area contributed by atoms with E-state index in [0.717, 1.165) is 30.7 Å². The Balaban J connectivity index is 2.60. The third-order valence-corrected chi connectivity index (χ3v) is 2.32. The molecule has 15 heavy (non-hydrogen) atoms. The molecule has 1 aromatic rings. The van der Waals surface area contributed by atoms with Crippen LogP contribution in [0.2, 0.25) is 0 Å². The number of allylic oxidation sites excluding steroid dienone is 1. The molecule has 1 rings (SSSR count). The summed E-state index contributed by atoms with van der Waals surface area (Å²) in [5.41, 5.74) is 6.78. The second-order valence-corrected chi connectivity index (χ2v) is 3.65. The summed E-state index contributed by atoms with van der Waals surface area (Å²) in [7, 11) is 0. The van der Waals surface area contributed by atoms with Crippen LogP contribution in [0.5, 0.6) is 0 Å². The van der Waals surface area contributed by atoms with E-state index in [4.69, 9.17) is 5.73 Å². The van der Waals surface area contributed by atoms with Gasteiger partial charge in [0.1, 0.15) is 11.6 Å². The maximum absolute atomic E-state index is 5.81. The van der Waals surface area contributed by atoms with Gasteiger partial charge in [0.15, 0.2) is 0 Å². The number of hydrogen-bond donors (Lipinski definition) is 1. The number of nitrogens with two attached hydrogens (primary N) is 1. The largest absolute Gasteiger partial charge is 0.383 e. The predicted molar refractivity (Wildman–Crippen MR) is 63.6 cm³/mol. The Morgan fingerprint density at radius 2 is 2.27 bits per heavy atom. The van der Waals surface area contributed by atoms with Crippen molar-refractivity contribution in [3.63, 3.8) is 0 Å². The fourth-order valence-electron chi connectivity index (χ4n) is 1.42. The van der Waals surface area contributed by atoms with Crippen molar-refractivity contribution in [2.45, 2.75) is 39.0 Å². The second-order valence-electron chi connectivity index (χ2n) is 3.65. The summed E-state index contributed by atoms with van der Waals surface area (Å²) >= 11 is 0. The van der Waals surface area contributed by atoms with Crippen LogP contribution in [0.1, 0.15) is 37.6 Å². The van der Waals surface area contributed by atoms with Gasteiger partial charge in [0, 0.05) is 18.2 Å². The van der Waals surface area contributed by atoms with Gasteiger partial charge in [-0.2, -0.15) is 0 Å². The molecular formula is C12H19N3. The molecule has 0 radical (unpaired) electrons. The van der Waals surface area contributed by atoms with E-state index < -0.39 is 0 Å². The molecule has 3 nitrogen and oxygen atoms in total. The molecule has 82 valence electrons. The molecule has 0 saturated carbocycles. The smallest absolute Gasteiger partial charge is 0.130 e. The zero-order valence-corrected chi connectivity index (χ0v) is 9.37. The molecule has 0 aromatic carbocycles. The van der Waals surface area contributed by atoms with Crippen LogP contribution < -0.4 is 5.73 Å². The van der Waals surface area contributed by atoms with Crippen LogP contribution in [0, 0.1) is 0 Å². The summed E-state index contributed by atoms with van der Waals surface area (Å²) in [6, 6.07) is 0. The van der Waals surface area contributed by atoms with Crippen molar-refractivity contribution >= 4 is 5.82 Å². The summed E-state index contributed by atoms with van der Waals surface area (Å²) < 4.78 is 0. The lowest BCUT2D eigenvalue weighted by Gasteiger charge is -2.04. The third-order valence-electron chi connectivity index (χ3n) is 2.32. The van der Waals surface area contributed by atoms with Gasteiger partial charge >= 0.3 is 0 Å². The molecule has 1 aromatic heterocycles. The number of aromatic nitrogens is 2. The lowest BCUT2D eigenvalue weighted by molar-refractivity contribution is 0.693. The van der Waals surface area contributed by atoms with Crippen LogP contribution in [0.25, 0.3) is 0 Å². The van der Waals surface area contributed by atoms with Crippen molar-refractivity contribution in [2.24, 2.45) is 0 Å². The molecule has 0 aliphatic rings. The van der Waals surface area contributed by atoms with Gasteiger partial charge in [-0.1, -0.05) is 25.8 Å². The number of nitrogen functional groups attached to an aromatic ring is 1. The maximum atomic E-state index is 5.81. The Kier molecular flexibility index (Phi) is 4.81. The molecule has 3 heteroatoms. The summed E-state index contributed by atoms with van der Waals surface area (Å²) in [6.07, 6.45) is 8.85. The van der Waals surface area contributed by atoms with Gasteiger partial charge < -0.3 is 5.73 Å². The minimum Gasteiger partial charge on any atom is -0.383 e. The highest BCUT2D eigenvalue weighted by molar-refractivity contribution is 5.38. The minimum atomic E-state index is 0.594. The van der Waals surface area contributed by atoms with Gasteiger partial charge in [-0.3, -0.25) is 0 Å². The topological polar surface area (TPSA) is 51.8 Å². The van der Waals surface area contributed by atoms with Gasteiger partial charge in [0.2, 0.25) is 0 Å². The lowest BCUT2D eigenvalue weighted by atomic mass is 10.2. The fourth-order valence-corrected chi connectivity index (χ4v) is 1.42. The third kappa shape index (κ3) is 3.70. The Hall–Kier alpha value is -1.38. The predicted octanol–water partition coefficient (Wildman–Crippen LogP) is 2.52. The number of unbranched alkanes of at least 4 members (excludes halogenated alkanes) is 2. The van der Waals surface area contributed by atoms with Crippen LogP contribution in [-0.4, -0.2) is 9.97 Å². The molecule has 0 atom stereocenters. The molecule has 0 amide bonds. The summed E-state index contributed by atoms with van der Waals surface area (Å²) in [5, 5.41) is 0. The van der Waals surface area contributed by atoms with Crippen LogP contribution >= 0.6 is 0 Å². The molecule has 0 fully saturated rings. The first kappa shape index (κ1) is 11.7. The monoisotopic (exact) mass is 205 g/mol. The average Bonchev–Trinajstić information content (AvgIpc) is 2.23. The molecule has 2 N–H and O–H groups in total. The molecule has 0 bridgehead atoms. The van der Waals surface area contributed by atoms with E-state index in [2.05, 4.69) is 23.5 Å². The first-order chi connectivity index (χ1) is 7.27. The first-order valence-electron chi connectivity index (χ1n) is 5.49. The normalized spacial score (nSPS) is 10.2. The molecule has 0 aliphatic carbocycles. The first-order valence-corrected chi connectivity index (χ1v) is 5.49. The zero-order valence-electron chi connectivity index (χ0n) is 9.37. The van der Waals surface area contributed by atoms with E-state index in [0.29, 0.717) is 5.82 Å². The van der Waals surface area contributed by atoms with Crippen molar-refractivity contribution in [3.05, 3.63) is 30.2 Å². The van der Waals surface area contributed by atoms with E-state index in [1.165, 1.54) is 12.8 Å². The molecular weight excluding hydrogens is 186 g/mol. The number of nitrogens with zero attached hydrogens (tertiary/aromatic N) is 2. The van der Waals surface area contributed by atoms with Gasteiger partial charge in [0.05, 0.1) is 0 Å². The fraction of sp³-hybridized carbons (Fsp3) is 0.500. The average molecular weight is 205 g/mol. The van der Waals surface area contributed by atoms with Crippen molar-refractivity contribution in [2.75, 3.05) is 5.73 Å². The van der Waals surface area contributed by atoms with Crippen molar-refractivity contribution in [3.8, 4) is 0 Å². The summed E-state index contributed by atoms with van der Waals surface area (Å²) in [4.78, 5) is 8.57. The summed E-state index contributed by atoms with van der Waals surface area (Å²) in [6.45, 7) is 5.85. The van der Waals surface area contributed by atoms with Crippen LogP contribution in [0.4, 0.5) is 5.82 Å². The standard InChI is InChI=1S/C12H19N3/c1-3-5-6-8-11-14-9-10(7-4-2)12(13)15-11/h4,9H,2-3,5-8H2,1H3,(H2,13,14,15). The highest BCUT2D eigenvalue weighted by Crippen LogP contribution is 2.10. The molecule has 1 heterocycles. The lowest BCUT2D eigenvalue weighted by Crippen LogP contribution is -2.03. The van der Waals surface area contributed by atoms with E-state index >= 15 is 0 Å². The van der Waals surface area contributed by atoms with Gasteiger partial charge in [-0.05, 0) is 12.8 Å². The molecule has 0 aliphatic heterocycles. The van der Waals surface area contributed by atoms with Crippen LogP contribution in [-0.2, 0) is 12.8 Å². The Morgan fingerprint density at radius 3 is 2.87 bits per heavy atom. The van der Waals surface area contributed by atoms with Gasteiger partial charge in [-0.25, -0.2) is 9.97 Å². The highest BCUT2D eigenvalue weighted by atomic mass is 14.9. The minimum absolute atomic E-state index is 0.594. The van der Waals surface area contributed by atoms with Crippen LogP contribution in [0.3, 0.4) is 0 Å². The van der Waals surface area contributed by atoms with Crippen molar-refractivity contribution < 1.29 is 0 Å². The number of rotatable bonds is 6. The van der Waals surface area contributed by atoms with E-state index in [9.17, 15) is 0 Å². The second kappa shape index (κ2) is 6.17. The number of aryl methyl sites for hydroxylation is 1. The number of anilines is 1. The van der Waals surface area contributed by atoms with Crippen molar-refractivity contribution in [1.82, 2.24) is 9.97 Å². The Morgan fingerprint density at radius 1 is 1.47 bits per heavy atom. The van der Waals surface area contributed by atoms with E-state index in [1.54, 1.807) is 0 Å². The number of hydrogen-bond acceptors (Lipinski definition) is 3. The summed E-state index contributed by atoms with van der Waals surface area (Å²) in [5.74, 6) is 1.45. The molecule has 0 saturated heterocycles. The van der Waals surface area contributed by atoms with E-state index in [-0.39, 0.29) is 0 Å². The molecule has 0 spiro atoms. The van der Waals surface area contributed by atoms with Crippen LogP contribution in [0.15, 0.2) is 18.9 Å². The maximum Gasteiger partial charge on any atom is 0.130 e. The van der Waals surface area contributed by atoms with Gasteiger partial charge in [-0.15, -0.1) is 6.58 Å². The van der Waals surface area contributed by atoms with E-state index in [1.807, 2.05) is 12.3 Å². The Labute approximate surface area is 91.4 Å². The van der Waals surface area contributed by atoms with Crippen molar-refractivity contribution in [1.29, 1.82) is 0 Å². The SMILES string of the molecule is C=CCc1cnc(CCCCC)nc1N. The molecule has 0 unspecified atom stereocenters. The quantitative estimate of drug-likeness (QED) is 0.573. The van der Waals surface area contributed by atoms with Gasteiger partial charge in [0.25, 0.3) is 0 Å². The highest BCUT2D eigenvalue weighted by Gasteiger charge is 2.02.